The maximum absolute atomic E-state index is 10.6. The van der Waals surface area contributed by atoms with Crippen molar-refractivity contribution in [1.82, 2.24) is 0 Å². The number of hydrogen-bond acceptors (Lipinski definition) is 11. The van der Waals surface area contributed by atoms with Crippen LogP contribution in [-0.4, -0.2) is 86.1 Å². The molecule has 6 N–H and O–H groups in total. The molecule has 0 bridgehead atoms. The Morgan fingerprint density at radius 1 is 1.33 bits per heavy atom. The first-order valence-electron chi connectivity index (χ1n) is 6.59. The van der Waals surface area contributed by atoms with Gasteiger partial charge in [-0.2, -0.15) is 8.42 Å². The second-order valence-electron chi connectivity index (χ2n) is 4.81. The SMILES string of the molecule is C=CC(O)CC(=NOS(=O)(=O)O)S[C@@H]1O[C@H](CO)[C@@H](O)[C@H](O)[C@H]1O. The Balaban J connectivity index is 2.92. The van der Waals surface area contributed by atoms with Gasteiger partial charge in [0.2, 0.25) is 0 Å². The normalized spacial score (nSPS) is 33.1. The molecule has 0 amide bonds. The maximum Gasteiger partial charge on any atom is 0.466 e. The van der Waals surface area contributed by atoms with E-state index in [2.05, 4.69) is 16.0 Å². The third kappa shape index (κ3) is 6.27. The summed E-state index contributed by atoms with van der Waals surface area (Å²) in [5.74, 6) is 0. The van der Waals surface area contributed by atoms with Crippen LogP contribution in [0.4, 0.5) is 0 Å². The minimum atomic E-state index is -4.89. The molecule has 0 aromatic heterocycles. The Kier molecular flexibility index (Phi) is 8.04. The number of thioether (sulfide) groups is 1. The van der Waals surface area contributed by atoms with Crippen molar-refractivity contribution in [2.75, 3.05) is 6.61 Å². The molecule has 1 saturated heterocycles. The van der Waals surface area contributed by atoms with E-state index < -0.39 is 53.0 Å². The average Bonchev–Trinajstić information content (AvgIpc) is 2.52. The zero-order valence-electron chi connectivity index (χ0n) is 12.2. The molecule has 0 aliphatic carbocycles. The van der Waals surface area contributed by atoms with Crippen LogP contribution in [-0.2, 0) is 19.4 Å². The molecule has 1 aliphatic rings. The van der Waals surface area contributed by atoms with E-state index in [4.69, 9.17) is 14.4 Å². The van der Waals surface area contributed by atoms with Gasteiger partial charge < -0.3 is 30.3 Å². The number of aliphatic hydroxyl groups excluding tert-OH is 5. The molecule has 11 nitrogen and oxygen atoms in total. The molecular weight excluding hydrogens is 370 g/mol. The van der Waals surface area contributed by atoms with Crippen molar-refractivity contribution in [3.63, 3.8) is 0 Å². The van der Waals surface area contributed by atoms with Crippen molar-refractivity contribution < 1.29 is 47.5 Å². The Labute approximate surface area is 142 Å². The van der Waals surface area contributed by atoms with E-state index in [1.165, 1.54) is 0 Å². The molecular formula is C11H19NO10S2. The lowest BCUT2D eigenvalue weighted by Crippen LogP contribution is -2.57. The summed E-state index contributed by atoms with van der Waals surface area (Å²) in [6.45, 7) is 2.67. The molecule has 13 heteroatoms. The van der Waals surface area contributed by atoms with Gasteiger partial charge in [0.05, 0.1) is 12.7 Å². The molecule has 1 heterocycles. The quantitative estimate of drug-likeness (QED) is 0.0895. The molecule has 0 saturated carbocycles. The fraction of sp³-hybridized carbons (Fsp3) is 0.727. The van der Waals surface area contributed by atoms with Crippen LogP contribution in [0.25, 0.3) is 0 Å². The molecule has 0 radical (unpaired) electrons. The summed E-state index contributed by atoms with van der Waals surface area (Å²) in [5, 5.41) is 50.8. The van der Waals surface area contributed by atoms with Crippen LogP contribution >= 0.6 is 11.8 Å². The highest BCUT2D eigenvalue weighted by molar-refractivity contribution is 8.14. The van der Waals surface area contributed by atoms with Crippen LogP contribution in [0, 0.1) is 0 Å². The number of hydrogen-bond donors (Lipinski definition) is 6. The fourth-order valence-electron chi connectivity index (χ4n) is 1.76. The molecule has 0 aromatic carbocycles. The summed E-state index contributed by atoms with van der Waals surface area (Å²) >= 11 is 0.570. The summed E-state index contributed by atoms with van der Waals surface area (Å²) < 4.78 is 38.8. The van der Waals surface area contributed by atoms with E-state index in [1.54, 1.807) is 0 Å². The van der Waals surface area contributed by atoms with Gasteiger partial charge in [0.1, 0.15) is 34.9 Å². The standard InChI is InChI=1S/C11H19NO10S2/c1-2-5(14)3-7(12-22-24(18,19)20)23-11-10(17)9(16)8(15)6(4-13)21-11/h2,5-6,8-11,13-17H,1,3-4H2,(H,18,19,20)/t5?,6-,8-,9+,10-,11+/m1/s1. The number of aliphatic hydroxyl groups is 5. The highest BCUT2D eigenvalue weighted by Gasteiger charge is 2.44. The lowest BCUT2D eigenvalue weighted by atomic mass is 10.0. The number of oxime groups is 1. The minimum absolute atomic E-state index is 0.218. The molecule has 1 aliphatic heterocycles. The van der Waals surface area contributed by atoms with Gasteiger partial charge in [-0.1, -0.05) is 23.0 Å². The Morgan fingerprint density at radius 2 is 1.96 bits per heavy atom. The van der Waals surface area contributed by atoms with Crippen LogP contribution in [0.1, 0.15) is 6.42 Å². The topological polar surface area (TPSA) is 186 Å². The number of ether oxygens (including phenoxy) is 1. The van der Waals surface area contributed by atoms with Gasteiger partial charge in [-0.15, -0.1) is 6.58 Å². The van der Waals surface area contributed by atoms with Crippen LogP contribution in [0.5, 0.6) is 0 Å². The first kappa shape index (κ1) is 21.3. The summed E-state index contributed by atoms with van der Waals surface area (Å²) in [7, 11) is -4.89. The van der Waals surface area contributed by atoms with E-state index in [1.807, 2.05) is 0 Å². The monoisotopic (exact) mass is 389 g/mol. The predicted molar refractivity (Wildman–Crippen MR) is 82.2 cm³/mol. The fourth-order valence-corrected chi connectivity index (χ4v) is 3.10. The Hall–Kier alpha value is -0.770. The zero-order valence-corrected chi connectivity index (χ0v) is 13.9. The van der Waals surface area contributed by atoms with Crippen LogP contribution in [0.2, 0.25) is 0 Å². The lowest BCUT2D eigenvalue weighted by Gasteiger charge is -2.39. The van der Waals surface area contributed by atoms with Gasteiger partial charge in [-0.05, 0) is 0 Å². The second-order valence-corrected chi connectivity index (χ2v) is 6.99. The Bertz CT molecular complexity index is 551. The van der Waals surface area contributed by atoms with Crippen LogP contribution in [0.3, 0.4) is 0 Å². The summed E-state index contributed by atoms with van der Waals surface area (Å²) in [6.07, 6.45) is -6.29. The number of nitrogens with zero attached hydrogens (tertiary/aromatic N) is 1. The Morgan fingerprint density at radius 3 is 2.46 bits per heavy atom. The third-order valence-corrected chi connectivity index (χ3v) is 4.39. The van der Waals surface area contributed by atoms with E-state index in [0.717, 1.165) is 6.08 Å². The molecule has 1 fully saturated rings. The van der Waals surface area contributed by atoms with Crippen molar-refractivity contribution in [3.05, 3.63) is 12.7 Å². The van der Waals surface area contributed by atoms with Gasteiger partial charge in [0.15, 0.2) is 0 Å². The van der Waals surface area contributed by atoms with E-state index >= 15 is 0 Å². The average molecular weight is 389 g/mol. The molecule has 0 aromatic rings. The highest BCUT2D eigenvalue weighted by Crippen LogP contribution is 2.30. The van der Waals surface area contributed by atoms with Crippen molar-refractivity contribution in [2.24, 2.45) is 5.16 Å². The molecule has 1 rings (SSSR count). The summed E-state index contributed by atoms with van der Waals surface area (Å²) in [5.41, 5.74) is -1.26. The molecule has 0 spiro atoms. The largest absolute Gasteiger partial charge is 0.466 e. The summed E-state index contributed by atoms with van der Waals surface area (Å²) in [6, 6.07) is 0. The first-order chi connectivity index (χ1) is 11.1. The zero-order chi connectivity index (χ0) is 18.5. The molecule has 6 atom stereocenters. The molecule has 24 heavy (non-hydrogen) atoms. The second kappa shape index (κ2) is 9.07. The van der Waals surface area contributed by atoms with E-state index in [9.17, 15) is 28.8 Å². The van der Waals surface area contributed by atoms with Gasteiger partial charge in [-0.3, -0.25) is 4.55 Å². The predicted octanol–water partition coefficient (Wildman–Crippen LogP) is -2.41. The molecule has 1 unspecified atom stereocenters. The van der Waals surface area contributed by atoms with E-state index in [-0.39, 0.29) is 11.5 Å². The third-order valence-electron chi connectivity index (χ3n) is 2.99. The van der Waals surface area contributed by atoms with Crippen molar-refractivity contribution in [2.45, 2.75) is 42.4 Å². The van der Waals surface area contributed by atoms with Gasteiger partial charge in [0.25, 0.3) is 0 Å². The van der Waals surface area contributed by atoms with Crippen LogP contribution < -0.4 is 0 Å². The maximum atomic E-state index is 10.6. The lowest BCUT2D eigenvalue weighted by molar-refractivity contribution is -0.205. The van der Waals surface area contributed by atoms with Crippen molar-refractivity contribution in [3.8, 4) is 0 Å². The van der Waals surface area contributed by atoms with Gasteiger partial charge in [0, 0.05) is 6.42 Å². The van der Waals surface area contributed by atoms with E-state index in [0.29, 0.717) is 11.8 Å². The first-order valence-corrected chi connectivity index (χ1v) is 8.84. The molecule has 140 valence electrons. The van der Waals surface area contributed by atoms with Crippen molar-refractivity contribution >= 4 is 27.2 Å². The highest BCUT2D eigenvalue weighted by atomic mass is 32.3. The van der Waals surface area contributed by atoms with Gasteiger partial charge >= 0.3 is 10.4 Å². The number of rotatable bonds is 7. The van der Waals surface area contributed by atoms with Crippen molar-refractivity contribution in [1.29, 1.82) is 0 Å². The smallest absolute Gasteiger partial charge is 0.394 e. The van der Waals surface area contributed by atoms with Crippen LogP contribution in [0.15, 0.2) is 17.8 Å². The minimum Gasteiger partial charge on any atom is -0.394 e. The van der Waals surface area contributed by atoms with Gasteiger partial charge in [-0.25, -0.2) is 4.28 Å². The summed E-state index contributed by atoms with van der Waals surface area (Å²) in [4.78, 5) is 0.